The molecule has 2 aromatic carbocycles. The average Bonchev–Trinajstić information content (AvgIpc) is 2.61. The number of nitrogens with zero attached hydrogens (tertiary/aromatic N) is 2. The van der Waals surface area contributed by atoms with E-state index in [1.807, 2.05) is 73.7 Å². The molecule has 3 aromatic rings. The molecule has 0 bridgehead atoms. The van der Waals surface area contributed by atoms with Crippen molar-refractivity contribution in [3.05, 3.63) is 84.1 Å². The number of hydrogen-bond donors (Lipinski definition) is 2. The van der Waals surface area contributed by atoms with Crippen LogP contribution >= 0.6 is 0 Å². The van der Waals surface area contributed by atoms with Crippen LogP contribution in [0.4, 0.5) is 11.5 Å². The number of guanidine groups is 1. The topological polar surface area (TPSA) is 72.5 Å². The quantitative estimate of drug-likeness (QED) is 0.546. The molecule has 0 aliphatic heterocycles. The van der Waals surface area contributed by atoms with Gasteiger partial charge in [0.1, 0.15) is 12.4 Å². The molecule has 5 heteroatoms. The van der Waals surface area contributed by atoms with Gasteiger partial charge in [-0.15, -0.1) is 0 Å². The summed E-state index contributed by atoms with van der Waals surface area (Å²) in [5.74, 6) is 1.61. The molecule has 5 nitrogen and oxygen atoms in total. The molecule has 0 radical (unpaired) electrons. The predicted molar refractivity (Wildman–Crippen MR) is 101 cm³/mol. The van der Waals surface area contributed by atoms with Gasteiger partial charge in [-0.1, -0.05) is 36.4 Å². The first kappa shape index (κ1) is 16.5. The molecular formula is C20H20N4O. The van der Waals surface area contributed by atoms with Gasteiger partial charge in [-0.05, 0) is 42.3 Å². The van der Waals surface area contributed by atoms with E-state index in [1.165, 1.54) is 0 Å². The van der Waals surface area contributed by atoms with E-state index in [0.717, 1.165) is 22.6 Å². The SMILES string of the molecule is Cc1ccnc(N=C(N)Nc2cccc(OCc3ccccc3)c2)c1. The van der Waals surface area contributed by atoms with Gasteiger partial charge in [0.25, 0.3) is 0 Å². The van der Waals surface area contributed by atoms with E-state index < -0.39 is 0 Å². The van der Waals surface area contributed by atoms with E-state index in [9.17, 15) is 0 Å². The lowest BCUT2D eigenvalue weighted by atomic mass is 10.2. The van der Waals surface area contributed by atoms with Crippen molar-refractivity contribution in [1.29, 1.82) is 0 Å². The van der Waals surface area contributed by atoms with Crippen molar-refractivity contribution in [2.75, 3.05) is 5.32 Å². The van der Waals surface area contributed by atoms with Crippen LogP contribution in [0.15, 0.2) is 77.9 Å². The van der Waals surface area contributed by atoms with Crippen molar-refractivity contribution in [2.45, 2.75) is 13.5 Å². The third kappa shape index (κ3) is 5.07. The van der Waals surface area contributed by atoms with E-state index in [-0.39, 0.29) is 5.96 Å². The van der Waals surface area contributed by atoms with Crippen LogP contribution in [-0.2, 0) is 6.61 Å². The summed E-state index contributed by atoms with van der Waals surface area (Å²) >= 11 is 0. The van der Waals surface area contributed by atoms with Crippen molar-refractivity contribution in [3.8, 4) is 5.75 Å². The molecule has 0 spiro atoms. The Morgan fingerprint density at radius 1 is 1.08 bits per heavy atom. The molecule has 126 valence electrons. The number of anilines is 1. The summed E-state index contributed by atoms with van der Waals surface area (Å²) in [5, 5.41) is 3.06. The molecule has 1 aromatic heterocycles. The van der Waals surface area contributed by atoms with Crippen LogP contribution in [-0.4, -0.2) is 10.9 Å². The number of hydrogen-bond acceptors (Lipinski definition) is 3. The highest BCUT2D eigenvalue weighted by molar-refractivity contribution is 5.93. The van der Waals surface area contributed by atoms with E-state index in [0.29, 0.717) is 12.4 Å². The fraction of sp³-hybridized carbons (Fsp3) is 0.100. The van der Waals surface area contributed by atoms with Crippen molar-refractivity contribution in [1.82, 2.24) is 4.98 Å². The molecule has 0 aliphatic carbocycles. The highest BCUT2D eigenvalue weighted by Crippen LogP contribution is 2.19. The third-order valence-electron chi connectivity index (χ3n) is 3.49. The smallest absolute Gasteiger partial charge is 0.199 e. The van der Waals surface area contributed by atoms with Crippen LogP contribution in [0.2, 0.25) is 0 Å². The fourth-order valence-electron chi connectivity index (χ4n) is 2.29. The van der Waals surface area contributed by atoms with Crippen molar-refractivity contribution >= 4 is 17.5 Å². The van der Waals surface area contributed by atoms with Crippen LogP contribution in [0.3, 0.4) is 0 Å². The molecule has 3 N–H and O–H groups in total. The summed E-state index contributed by atoms with van der Waals surface area (Å²) in [6, 6.07) is 21.4. The zero-order valence-corrected chi connectivity index (χ0v) is 14.0. The van der Waals surface area contributed by atoms with Gasteiger partial charge in [0, 0.05) is 18.0 Å². The van der Waals surface area contributed by atoms with Crippen LogP contribution in [0.1, 0.15) is 11.1 Å². The molecule has 0 amide bonds. The lowest BCUT2D eigenvalue weighted by molar-refractivity contribution is 0.306. The molecule has 0 aliphatic rings. The van der Waals surface area contributed by atoms with Gasteiger partial charge >= 0.3 is 0 Å². The zero-order chi connectivity index (χ0) is 17.5. The van der Waals surface area contributed by atoms with Gasteiger partial charge in [-0.25, -0.2) is 4.98 Å². The summed E-state index contributed by atoms with van der Waals surface area (Å²) in [6.45, 7) is 2.50. The van der Waals surface area contributed by atoms with Gasteiger partial charge in [-0.3, -0.25) is 0 Å². The second kappa shape index (κ2) is 7.97. The van der Waals surface area contributed by atoms with Crippen molar-refractivity contribution in [2.24, 2.45) is 10.7 Å². The highest BCUT2D eigenvalue weighted by Gasteiger charge is 2.01. The minimum atomic E-state index is 0.276. The first-order chi connectivity index (χ1) is 12.2. The Morgan fingerprint density at radius 2 is 1.92 bits per heavy atom. The Hall–Kier alpha value is -3.34. The molecule has 3 rings (SSSR count). The Morgan fingerprint density at radius 3 is 2.72 bits per heavy atom. The van der Waals surface area contributed by atoms with Crippen molar-refractivity contribution < 1.29 is 4.74 Å². The van der Waals surface area contributed by atoms with Gasteiger partial charge in [0.15, 0.2) is 11.8 Å². The number of nitrogens with one attached hydrogen (secondary N) is 1. The molecule has 0 saturated heterocycles. The summed E-state index contributed by atoms with van der Waals surface area (Å²) in [7, 11) is 0. The lowest BCUT2D eigenvalue weighted by Gasteiger charge is -2.09. The Labute approximate surface area is 147 Å². The second-order valence-corrected chi connectivity index (χ2v) is 5.62. The summed E-state index contributed by atoms with van der Waals surface area (Å²) < 4.78 is 5.82. The number of rotatable bonds is 5. The van der Waals surface area contributed by atoms with E-state index in [2.05, 4.69) is 15.3 Å². The molecule has 1 heterocycles. The van der Waals surface area contributed by atoms with Crippen LogP contribution in [0.25, 0.3) is 0 Å². The van der Waals surface area contributed by atoms with E-state index >= 15 is 0 Å². The molecular weight excluding hydrogens is 312 g/mol. The maximum absolute atomic E-state index is 5.96. The molecule has 0 unspecified atom stereocenters. The second-order valence-electron chi connectivity index (χ2n) is 5.62. The van der Waals surface area contributed by atoms with Crippen LogP contribution < -0.4 is 15.8 Å². The van der Waals surface area contributed by atoms with Gasteiger partial charge in [0.05, 0.1) is 0 Å². The normalized spacial score (nSPS) is 11.2. The minimum Gasteiger partial charge on any atom is -0.489 e. The minimum absolute atomic E-state index is 0.276. The highest BCUT2D eigenvalue weighted by atomic mass is 16.5. The number of pyridine rings is 1. The predicted octanol–water partition coefficient (Wildman–Crippen LogP) is 4.03. The van der Waals surface area contributed by atoms with E-state index in [1.54, 1.807) is 6.20 Å². The largest absolute Gasteiger partial charge is 0.489 e. The van der Waals surface area contributed by atoms with Crippen LogP contribution in [0.5, 0.6) is 5.75 Å². The maximum Gasteiger partial charge on any atom is 0.199 e. The molecule has 0 saturated carbocycles. The molecule has 0 fully saturated rings. The number of aromatic nitrogens is 1. The Bertz CT molecular complexity index is 862. The first-order valence-corrected chi connectivity index (χ1v) is 8.00. The fourth-order valence-corrected chi connectivity index (χ4v) is 2.29. The van der Waals surface area contributed by atoms with Crippen LogP contribution in [0, 0.1) is 6.92 Å². The molecule has 0 atom stereocenters. The third-order valence-corrected chi connectivity index (χ3v) is 3.49. The molecule has 25 heavy (non-hydrogen) atoms. The monoisotopic (exact) mass is 332 g/mol. The van der Waals surface area contributed by atoms with Gasteiger partial charge in [0.2, 0.25) is 0 Å². The van der Waals surface area contributed by atoms with E-state index in [4.69, 9.17) is 10.5 Å². The maximum atomic E-state index is 5.96. The Kier molecular flexibility index (Phi) is 5.26. The number of aryl methyl sites for hydroxylation is 1. The zero-order valence-electron chi connectivity index (χ0n) is 14.0. The average molecular weight is 332 g/mol. The summed E-state index contributed by atoms with van der Waals surface area (Å²) in [5.41, 5.74) is 8.97. The Balaban J connectivity index is 1.65. The number of benzene rings is 2. The standard InChI is InChI=1S/C20H20N4O/c1-15-10-11-22-19(12-15)24-20(21)23-17-8-5-9-18(13-17)25-14-16-6-3-2-4-7-16/h2-13H,14H2,1H3,(H3,21,22,23,24). The van der Waals surface area contributed by atoms with Gasteiger partial charge < -0.3 is 15.8 Å². The first-order valence-electron chi connectivity index (χ1n) is 8.00. The summed E-state index contributed by atoms with van der Waals surface area (Å²) in [6.07, 6.45) is 1.71. The number of nitrogens with two attached hydrogens (primary N) is 1. The summed E-state index contributed by atoms with van der Waals surface area (Å²) in [4.78, 5) is 8.44. The van der Waals surface area contributed by atoms with Gasteiger partial charge in [-0.2, -0.15) is 4.99 Å². The lowest BCUT2D eigenvalue weighted by Crippen LogP contribution is -2.22. The van der Waals surface area contributed by atoms with Crippen molar-refractivity contribution in [3.63, 3.8) is 0 Å². The number of aliphatic imine (C=N–C) groups is 1. The number of ether oxygens (including phenoxy) is 1.